The zero-order chi connectivity index (χ0) is 18.1. The average Bonchev–Trinajstić information content (AvgIpc) is 2.47. The highest BCUT2D eigenvalue weighted by Crippen LogP contribution is 2.39. The zero-order valence-corrected chi connectivity index (χ0v) is 13.1. The van der Waals surface area contributed by atoms with Crippen molar-refractivity contribution in [3.63, 3.8) is 0 Å². The maximum atomic E-state index is 12.3. The lowest BCUT2D eigenvalue weighted by atomic mass is 10.2. The minimum Gasteiger partial charge on any atom is -0.453 e. The van der Waals surface area contributed by atoms with Crippen LogP contribution in [0.4, 0.5) is 30.4 Å². The number of alkyl halides is 3. The van der Waals surface area contributed by atoms with E-state index in [2.05, 4.69) is 4.98 Å². The van der Waals surface area contributed by atoms with E-state index >= 15 is 0 Å². The number of nitrogen functional groups attached to an aromatic ring is 2. The van der Waals surface area contributed by atoms with E-state index in [-0.39, 0.29) is 38.7 Å². The molecule has 1 aromatic carbocycles. The van der Waals surface area contributed by atoms with Crippen molar-refractivity contribution in [2.24, 2.45) is 0 Å². The first-order valence-electron chi connectivity index (χ1n) is 6.14. The fraction of sp³-hybridized carbons (Fsp3) is 0.0769. The summed E-state index contributed by atoms with van der Waals surface area (Å²) in [5.41, 5.74) is 10.9. The van der Waals surface area contributed by atoms with Gasteiger partial charge in [-0.3, -0.25) is 4.79 Å². The van der Waals surface area contributed by atoms with Crippen molar-refractivity contribution in [1.29, 1.82) is 0 Å². The first-order chi connectivity index (χ1) is 11.1. The normalized spacial score (nSPS) is 11.2. The number of nitrogens with two attached hydrogens (primary N) is 2. The number of amides is 1. The SMILES string of the molecule is Nc1nccc(Oc2cc(NC(=O)C(F)(F)F)c(Cl)cc2Cl)c1N. The molecule has 0 aliphatic carbocycles. The molecule has 0 saturated heterocycles. The molecule has 5 N–H and O–H groups in total. The van der Waals surface area contributed by atoms with Crippen LogP contribution >= 0.6 is 23.2 Å². The number of pyridine rings is 1. The highest BCUT2D eigenvalue weighted by molar-refractivity contribution is 6.37. The largest absolute Gasteiger partial charge is 0.471 e. The van der Waals surface area contributed by atoms with E-state index < -0.39 is 12.1 Å². The average molecular weight is 381 g/mol. The highest BCUT2D eigenvalue weighted by Gasteiger charge is 2.39. The van der Waals surface area contributed by atoms with Crippen molar-refractivity contribution < 1.29 is 22.7 Å². The second-order valence-corrected chi connectivity index (χ2v) is 5.24. The minimum atomic E-state index is -5.08. The highest BCUT2D eigenvalue weighted by atomic mass is 35.5. The van der Waals surface area contributed by atoms with E-state index in [1.165, 1.54) is 12.3 Å². The molecule has 0 spiro atoms. The summed E-state index contributed by atoms with van der Waals surface area (Å²) < 4.78 is 42.4. The molecule has 1 amide bonds. The van der Waals surface area contributed by atoms with Crippen LogP contribution < -0.4 is 21.5 Å². The fourth-order valence-corrected chi connectivity index (χ4v) is 2.04. The second-order valence-electron chi connectivity index (χ2n) is 4.42. The third kappa shape index (κ3) is 3.92. The van der Waals surface area contributed by atoms with Gasteiger partial charge < -0.3 is 21.5 Å². The van der Waals surface area contributed by atoms with Crippen molar-refractivity contribution in [1.82, 2.24) is 4.98 Å². The predicted octanol–water partition coefficient (Wildman–Crippen LogP) is 3.85. The van der Waals surface area contributed by atoms with E-state index in [4.69, 9.17) is 39.4 Å². The first kappa shape index (κ1) is 18.0. The zero-order valence-electron chi connectivity index (χ0n) is 11.6. The Hall–Kier alpha value is -2.39. The van der Waals surface area contributed by atoms with Gasteiger partial charge >= 0.3 is 12.1 Å². The molecule has 0 atom stereocenters. The molecule has 0 aliphatic heterocycles. The number of nitrogens with one attached hydrogen (secondary N) is 1. The van der Waals surface area contributed by atoms with Crippen LogP contribution in [-0.4, -0.2) is 17.1 Å². The summed E-state index contributed by atoms with van der Waals surface area (Å²) >= 11 is 11.7. The molecule has 6 nitrogen and oxygen atoms in total. The summed E-state index contributed by atoms with van der Waals surface area (Å²) in [5.74, 6) is -2.19. The van der Waals surface area contributed by atoms with E-state index in [0.717, 1.165) is 12.1 Å². The Morgan fingerprint density at radius 2 is 1.83 bits per heavy atom. The van der Waals surface area contributed by atoms with Crippen LogP contribution in [-0.2, 0) is 4.79 Å². The number of hydrogen-bond acceptors (Lipinski definition) is 5. The summed E-state index contributed by atoms with van der Waals surface area (Å²) in [5, 5.41) is 1.41. The summed E-state index contributed by atoms with van der Waals surface area (Å²) in [4.78, 5) is 14.8. The number of carbonyl (C=O) groups is 1. The molecule has 1 aromatic heterocycles. The van der Waals surface area contributed by atoms with Gasteiger partial charge in [-0.1, -0.05) is 23.2 Å². The molecule has 128 valence electrons. The maximum Gasteiger partial charge on any atom is 0.471 e. The molecule has 0 fully saturated rings. The van der Waals surface area contributed by atoms with Gasteiger partial charge in [-0.25, -0.2) is 4.98 Å². The van der Waals surface area contributed by atoms with Crippen LogP contribution in [0.3, 0.4) is 0 Å². The number of anilines is 3. The Bertz CT molecular complexity index is 800. The Morgan fingerprint density at radius 1 is 1.17 bits per heavy atom. The van der Waals surface area contributed by atoms with Crippen molar-refractivity contribution in [3.8, 4) is 11.5 Å². The molecule has 0 saturated carbocycles. The van der Waals surface area contributed by atoms with Gasteiger partial charge in [-0.2, -0.15) is 13.2 Å². The predicted molar refractivity (Wildman–Crippen MR) is 84.3 cm³/mol. The van der Waals surface area contributed by atoms with Crippen LogP contribution in [0.2, 0.25) is 10.0 Å². The topological polar surface area (TPSA) is 103 Å². The summed E-state index contributed by atoms with van der Waals surface area (Å²) in [6.45, 7) is 0. The molecule has 2 aromatic rings. The number of nitrogens with zero attached hydrogens (tertiary/aromatic N) is 1. The van der Waals surface area contributed by atoms with Crippen LogP contribution in [0.1, 0.15) is 0 Å². The Morgan fingerprint density at radius 3 is 2.46 bits per heavy atom. The first-order valence-corrected chi connectivity index (χ1v) is 6.90. The van der Waals surface area contributed by atoms with Gasteiger partial charge in [0, 0.05) is 18.3 Å². The Balaban J connectivity index is 2.36. The van der Waals surface area contributed by atoms with Gasteiger partial charge in [0.25, 0.3) is 0 Å². The van der Waals surface area contributed by atoms with Crippen molar-refractivity contribution in [2.75, 3.05) is 16.8 Å². The van der Waals surface area contributed by atoms with Gasteiger partial charge in [-0.15, -0.1) is 0 Å². The number of hydrogen-bond donors (Lipinski definition) is 3. The monoisotopic (exact) mass is 380 g/mol. The Kier molecular flexibility index (Phi) is 4.95. The third-order valence-electron chi connectivity index (χ3n) is 2.73. The van der Waals surface area contributed by atoms with Gasteiger partial charge in [-0.05, 0) is 6.07 Å². The summed E-state index contributed by atoms with van der Waals surface area (Å²) in [6.07, 6.45) is -3.76. The molecule has 2 rings (SSSR count). The lowest BCUT2D eigenvalue weighted by Gasteiger charge is -2.14. The molecule has 11 heteroatoms. The molecule has 1 heterocycles. The van der Waals surface area contributed by atoms with Crippen LogP contribution in [0.15, 0.2) is 24.4 Å². The molecular weight excluding hydrogens is 372 g/mol. The van der Waals surface area contributed by atoms with Crippen LogP contribution in [0.5, 0.6) is 11.5 Å². The number of aromatic nitrogens is 1. The van der Waals surface area contributed by atoms with E-state index in [0.29, 0.717) is 0 Å². The molecule has 0 bridgehead atoms. The van der Waals surface area contributed by atoms with Crippen LogP contribution in [0.25, 0.3) is 0 Å². The van der Waals surface area contributed by atoms with E-state index in [1.54, 1.807) is 5.32 Å². The van der Waals surface area contributed by atoms with Crippen molar-refractivity contribution in [3.05, 3.63) is 34.4 Å². The number of carbonyl (C=O) groups excluding carboxylic acids is 1. The van der Waals surface area contributed by atoms with Crippen LogP contribution in [0, 0.1) is 0 Å². The Labute approximate surface area is 143 Å². The molecule has 0 aliphatic rings. The number of benzene rings is 1. The standard InChI is InChI=1S/C13H9Cl2F3N4O2/c14-5-3-6(15)9(4-7(5)22-12(23)13(16,17)18)24-8-1-2-21-11(20)10(8)19/h1-4H,19H2,(H2,20,21)(H,22,23). The smallest absolute Gasteiger partial charge is 0.453 e. The number of halogens is 5. The van der Waals surface area contributed by atoms with E-state index in [1.807, 2.05) is 0 Å². The fourth-order valence-electron chi connectivity index (χ4n) is 1.57. The summed E-state index contributed by atoms with van der Waals surface area (Å²) in [6, 6.07) is 3.53. The maximum absolute atomic E-state index is 12.3. The molecule has 0 unspecified atom stereocenters. The lowest BCUT2D eigenvalue weighted by Crippen LogP contribution is -2.30. The van der Waals surface area contributed by atoms with Gasteiger partial charge in [0.1, 0.15) is 17.3 Å². The lowest BCUT2D eigenvalue weighted by molar-refractivity contribution is -0.167. The minimum absolute atomic E-state index is 0.00295. The van der Waals surface area contributed by atoms with Gasteiger partial charge in [0.2, 0.25) is 0 Å². The molecular formula is C13H9Cl2F3N4O2. The van der Waals surface area contributed by atoms with Crippen molar-refractivity contribution >= 4 is 46.3 Å². The van der Waals surface area contributed by atoms with Gasteiger partial charge in [0.05, 0.1) is 15.7 Å². The number of ether oxygens (including phenoxy) is 1. The van der Waals surface area contributed by atoms with Gasteiger partial charge in [0.15, 0.2) is 5.75 Å². The summed E-state index contributed by atoms with van der Waals surface area (Å²) in [7, 11) is 0. The third-order valence-corrected chi connectivity index (χ3v) is 3.34. The van der Waals surface area contributed by atoms with Crippen molar-refractivity contribution in [2.45, 2.75) is 6.18 Å². The second kappa shape index (κ2) is 6.62. The molecule has 0 radical (unpaired) electrons. The number of rotatable bonds is 3. The molecule has 24 heavy (non-hydrogen) atoms. The van der Waals surface area contributed by atoms with E-state index in [9.17, 15) is 18.0 Å². The quantitative estimate of drug-likeness (QED) is 0.750.